The van der Waals surface area contributed by atoms with Gasteiger partial charge in [-0.05, 0) is 24.3 Å². The van der Waals surface area contributed by atoms with Gasteiger partial charge in [-0.3, -0.25) is 4.79 Å². The quantitative estimate of drug-likeness (QED) is 0.699. The predicted molar refractivity (Wildman–Crippen MR) is 53.4 cm³/mol. The Hall–Kier alpha value is -1.25. The molecule has 1 saturated carbocycles. The molecule has 1 aliphatic carbocycles. The van der Waals surface area contributed by atoms with E-state index in [0.29, 0.717) is 5.92 Å². The number of hydrogen-bond donors (Lipinski definition) is 0. The van der Waals surface area contributed by atoms with Crippen LogP contribution in [0.5, 0.6) is 0 Å². The highest BCUT2D eigenvalue weighted by Crippen LogP contribution is 2.38. The van der Waals surface area contributed by atoms with Crippen LogP contribution >= 0.6 is 0 Å². The maximum atomic E-state index is 12.3. The molecule has 0 saturated heterocycles. The van der Waals surface area contributed by atoms with Crippen molar-refractivity contribution < 1.29 is 13.6 Å². The lowest BCUT2D eigenvalue weighted by atomic mass is 9.77. The highest BCUT2D eigenvalue weighted by molar-refractivity contribution is 5.99. The van der Waals surface area contributed by atoms with E-state index in [1.165, 1.54) is 6.07 Å². The van der Waals surface area contributed by atoms with Crippen LogP contribution in [0, 0.1) is 0 Å². The van der Waals surface area contributed by atoms with Crippen molar-refractivity contribution in [2.24, 2.45) is 0 Å². The largest absolute Gasteiger partial charge is 0.300 e. The summed E-state index contributed by atoms with van der Waals surface area (Å²) in [6.45, 7) is 0. The zero-order valence-electron chi connectivity index (χ0n) is 8.25. The number of carbonyl (C=O) groups excluding carboxylic acids is 1. The van der Waals surface area contributed by atoms with Gasteiger partial charge in [0.25, 0.3) is 0 Å². The predicted octanol–water partition coefficient (Wildman–Crippen LogP) is 3.40. The minimum absolute atomic E-state index is 0.206. The lowest BCUT2D eigenvalue weighted by Crippen LogP contribution is -2.17. The van der Waals surface area contributed by atoms with Gasteiger partial charge in [0, 0.05) is 5.56 Å². The van der Waals surface area contributed by atoms with E-state index in [1.807, 2.05) is 0 Å². The van der Waals surface area contributed by atoms with Gasteiger partial charge in [-0.15, -0.1) is 0 Å². The fourth-order valence-corrected chi connectivity index (χ4v) is 1.91. The van der Waals surface area contributed by atoms with Gasteiger partial charge in [0.1, 0.15) is 0 Å². The maximum Gasteiger partial charge on any atom is 0.300 e. The lowest BCUT2D eigenvalue weighted by molar-refractivity contribution is 0.0676. The molecule has 0 unspecified atom stereocenters. The minimum Gasteiger partial charge on any atom is -0.288 e. The van der Waals surface area contributed by atoms with Crippen molar-refractivity contribution in [1.29, 1.82) is 0 Å². The Bertz CT molecular complexity index is 370. The Morgan fingerprint density at radius 3 is 2.47 bits per heavy atom. The number of ketones is 1. The summed E-state index contributed by atoms with van der Waals surface area (Å²) in [4.78, 5) is 11.3. The van der Waals surface area contributed by atoms with E-state index in [-0.39, 0.29) is 5.56 Å². The number of rotatable bonds is 3. The molecule has 0 spiro atoms. The number of alkyl halides is 2. The summed E-state index contributed by atoms with van der Waals surface area (Å²) in [5.74, 6) is -0.735. The molecule has 0 N–H and O–H groups in total. The Balaban J connectivity index is 2.33. The number of benzene rings is 1. The summed E-state index contributed by atoms with van der Waals surface area (Å²) in [6, 6.07) is 6.73. The molecule has 1 aromatic carbocycles. The molecular weight excluding hydrogens is 198 g/mol. The average molecular weight is 210 g/mol. The second-order valence-electron chi connectivity index (χ2n) is 3.88. The molecule has 0 atom stereocenters. The van der Waals surface area contributed by atoms with Crippen LogP contribution in [-0.4, -0.2) is 12.2 Å². The molecule has 1 nitrogen and oxygen atoms in total. The maximum absolute atomic E-state index is 12.3. The molecule has 3 heteroatoms. The van der Waals surface area contributed by atoms with Crippen molar-refractivity contribution in [3.8, 4) is 0 Å². The Labute approximate surface area is 87.1 Å². The van der Waals surface area contributed by atoms with E-state index in [4.69, 9.17) is 0 Å². The van der Waals surface area contributed by atoms with Crippen LogP contribution in [0.4, 0.5) is 8.78 Å². The Morgan fingerprint density at radius 2 is 1.93 bits per heavy atom. The van der Waals surface area contributed by atoms with E-state index in [2.05, 4.69) is 0 Å². The van der Waals surface area contributed by atoms with E-state index in [0.717, 1.165) is 24.8 Å². The van der Waals surface area contributed by atoms with Gasteiger partial charge in [-0.2, -0.15) is 0 Å². The molecule has 1 fully saturated rings. The first-order valence-corrected chi connectivity index (χ1v) is 5.11. The van der Waals surface area contributed by atoms with E-state index in [1.54, 1.807) is 18.2 Å². The summed E-state index contributed by atoms with van der Waals surface area (Å²) in [5, 5.41) is 0. The first-order chi connectivity index (χ1) is 7.20. The number of hydrogen-bond acceptors (Lipinski definition) is 1. The molecule has 0 aromatic heterocycles. The van der Waals surface area contributed by atoms with E-state index < -0.39 is 12.2 Å². The molecule has 2 rings (SSSR count). The number of halogens is 2. The zero-order valence-corrected chi connectivity index (χ0v) is 8.25. The molecule has 1 aliphatic rings. The average Bonchev–Trinajstić information content (AvgIpc) is 2.15. The van der Waals surface area contributed by atoms with Gasteiger partial charge in [0.2, 0.25) is 5.78 Å². The number of carbonyl (C=O) groups is 1. The molecule has 0 aliphatic heterocycles. The molecule has 80 valence electrons. The van der Waals surface area contributed by atoms with Gasteiger partial charge in [-0.1, -0.05) is 30.7 Å². The summed E-state index contributed by atoms with van der Waals surface area (Å²) in [6.07, 6.45) is 0.245. The third-order valence-electron chi connectivity index (χ3n) is 2.97. The van der Waals surface area contributed by atoms with Gasteiger partial charge in [-0.25, -0.2) is 8.78 Å². The van der Waals surface area contributed by atoms with Crippen molar-refractivity contribution in [2.45, 2.75) is 31.6 Å². The summed E-state index contributed by atoms with van der Waals surface area (Å²) in [7, 11) is 0. The fourth-order valence-electron chi connectivity index (χ4n) is 1.91. The normalized spacial score (nSPS) is 16.5. The summed E-state index contributed by atoms with van der Waals surface area (Å²) >= 11 is 0. The monoisotopic (exact) mass is 210 g/mol. The highest BCUT2D eigenvalue weighted by atomic mass is 19.3. The second kappa shape index (κ2) is 4.09. The number of Topliss-reactive ketones (excluding diaryl/α,β-unsaturated/α-hetero) is 1. The van der Waals surface area contributed by atoms with Crippen molar-refractivity contribution in [3.63, 3.8) is 0 Å². The molecule has 0 amide bonds. The first-order valence-electron chi connectivity index (χ1n) is 5.11. The van der Waals surface area contributed by atoms with Crippen LogP contribution in [0.3, 0.4) is 0 Å². The second-order valence-corrected chi connectivity index (χ2v) is 3.88. The van der Waals surface area contributed by atoms with Crippen LogP contribution in [0.2, 0.25) is 0 Å². The smallest absolute Gasteiger partial charge is 0.288 e. The van der Waals surface area contributed by atoms with Gasteiger partial charge >= 0.3 is 6.43 Å². The molecule has 0 heterocycles. The van der Waals surface area contributed by atoms with Crippen molar-refractivity contribution in [3.05, 3.63) is 35.4 Å². The molecule has 0 bridgehead atoms. The fraction of sp³-hybridized carbons (Fsp3) is 0.417. The van der Waals surface area contributed by atoms with Gasteiger partial charge < -0.3 is 0 Å². The van der Waals surface area contributed by atoms with Gasteiger partial charge in [0.15, 0.2) is 0 Å². The SMILES string of the molecule is O=C(c1ccccc1C1CCC1)C(F)F. The van der Waals surface area contributed by atoms with Crippen LogP contribution in [-0.2, 0) is 0 Å². The van der Waals surface area contributed by atoms with Gasteiger partial charge in [0.05, 0.1) is 0 Å². The van der Waals surface area contributed by atoms with Crippen LogP contribution in [0.1, 0.15) is 41.1 Å². The third-order valence-corrected chi connectivity index (χ3v) is 2.97. The topological polar surface area (TPSA) is 17.1 Å². The Morgan fingerprint density at radius 1 is 1.27 bits per heavy atom. The third kappa shape index (κ3) is 1.91. The molecule has 1 aromatic rings. The van der Waals surface area contributed by atoms with Crippen LogP contribution in [0.15, 0.2) is 24.3 Å². The van der Waals surface area contributed by atoms with Crippen LogP contribution < -0.4 is 0 Å². The van der Waals surface area contributed by atoms with E-state index >= 15 is 0 Å². The minimum atomic E-state index is -2.90. The summed E-state index contributed by atoms with van der Waals surface area (Å²) in [5.41, 5.74) is 1.01. The molecular formula is C12H12F2O. The first kappa shape index (κ1) is 10.3. The molecule has 15 heavy (non-hydrogen) atoms. The highest BCUT2D eigenvalue weighted by Gasteiger charge is 2.27. The molecule has 0 radical (unpaired) electrons. The van der Waals surface area contributed by atoms with Crippen molar-refractivity contribution in [2.75, 3.05) is 0 Å². The van der Waals surface area contributed by atoms with Crippen LogP contribution in [0.25, 0.3) is 0 Å². The van der Waals surface area contributed by atoms with E-state index in [9.17, 15) is 13.6 Å². The van der Waals surface area contributed by atoms with Crippen molar-refractivity contribution >= 4 is 5.78 Å². The summed E-state index contributed by atoms with van der Waals surface area (Å²) < 4.78 is 24.7. The lowest BCUT2D eigenvalue weighted by Gasteiger charge is -2.27. The van der Waals surface area contributed by atoms with Crippen molar-refractivity contribution in [1.82, 2.24) is 0 Å². The Kier molecular flexibility index (Phi) is 2.80. The zero-order chi connectivity index (χ0) is 10.8. The standard InChI is InChI=1S/C12H12F2O/c13-12(14)11(15)10-7-2-1-6-9(10)8-4-3-5-8/h1-2,6-8,12H,3-5H2.